The zero-order chi connectivity index (χ0) is 19.3. The number of amides is 1. The fraction of sp³-hybridized carbons (Fsp3) is 0.435. The highest BCUT2D eigenvalue weighted by molar-refractivity contribution is 6.01. The van der Waals surface area contributed by atoms with Crippen LogP contribution >= 0.6 is 0 Å². The number of unbranched alkanes of at least 4 members (excludes halogenated alkanes) is 1. The Morgan fingerprint density at radius 1 is 1.18 bits per heavy atom. The van der Waals surface area contributed by atoms with Crippen molar-refractivity contribution in [1.82, 2.24) is 4.90 Å². The zero-order valence-corrected chi connectivity index (χ0v) is 16.4. The van der Waals surface area contributed by atoms with Crippen molar-refractivity contribution < 1.29 is 14.3 Å². The van der Waals surface area contributed by atoms with Gasteiger partial charge in [-0.05, 0) is 37.5 Å². The first kappa shape index (κ1) is 18.8. The zero-order valence-electron chi connectivity index (χ0n) is 16.4. The fourth-order valence-electron chi connectivity index (χ4n) is 3.90. The molecule has 0 aliphatic carbocycles. The van der Waals surface area contributed by atoms with E-state index in [1.54, 1.807) is 0 Å². The van der Waals surface area contributed by atoms with Gasteiger partial charge in [0, 0.05) is 24.4 Å². The van der Waals surface area contributed by atoms with Gasteiger partial charge in [0.05, 0.1) is 18.3 Å². The second-order valence-corrected chi connectivity index (χ2v) is 7.42. The number of anilines is 1. The van der Waals surface area contributed by atoms with E-state index in [0.29, 0.717) is 18.7 Å². The summed E-state index contributed by atoms with van der Waals surface area (Å²) in [7, 11) is 0. The van der Waals surface area contributed by atoms with E-state index in [0.717, 1.165) is 49.3 Å². The van der Waals surface area contributed by atoms with Crippen LogP contribution in [0.15, 0.2) is 48.5 Å². The Balaban J connectivity index is 1.67. The molecule has 5 heteroatoms. The van der Waals surface area contributed by atoms with Gasteiger partial charge in [-0.2, -0.15) is 0 Å². The Kier molecular flexibility index (Phi) is 5.81. The fourth-order valence-corrected chi connectivity index (χ4v) is 3.90. The third-order valence-corrected chi connectivity index (χ3v) is 5.42. The molecule has 0 spiro atoms. The predicted molar refractivity (Wildman–Crippen MR) is 110 cm³/mol. The molecular weight excluding hydrogens is 352 g/mol. The van der Waals surface area contributed by atoms with Gasteiger partial charge >= 0.3 is 0 Å². The molecule has 2 aliphatic rings. The summed E-state index contributed by atoms with van der Waals surface area (Å²) in [5.41, 5.74) is 2.56. The van der Waals surface area contributed by atoms with Gasteiger partial charge < -0.3 is 19.7 Å². The maximum Gasteiger partial charge on any atom is 0.257 e. The number of hydrogen-bond donors (Lipinski definition) is 1. The van der Waals surface area contributed by atoms with Gasteiger partial charge in [-0.3, -0.25) is 4.79 Å². The van der Waals surface area contributed by atoms with Gasteiger partial charge in [-0.1, -0.05) is 43.7 Å². The highest BCUT2D eigenvalue weighted by Crippen LogP contribution is 2.37. The van der Waals surface area contributed by atoms with E-state index < -0.39 is 0 Å². The van der Waals surface area contributed by atoms with Crippen molar-refractivity contribution in [3.05, 3.63) is 59.7 Å². The van der Waals surface area contributed by atoms with E-state index in [9.17, 15) is 4.79 Å². The molecule has 2 aromatic rings. The van der Waals surface area contributed by atoms with E-state index in [2.05, 4.69) is 12.2 Å². The van der Waals surface area contributed by atoms with Crippen LogP contribution in [0.2, 0.25) is 0 Å². The van der Waals surface area contributed by atoms with Crippen molar-refractivity contribution in [2.45, 2.75) is 44.9 Å². The molecule has 1 saturated heterocycles. The molecule has 2 atom stereocenters. The number of hydrogen-bond acceptors (Lipinski definition) is 4. The van der Waals surface area contributed by atoms with Crippen LogP contribution in [-0.2, 0) is 4.74 Å². The molecule has 0 saturated carbocycles. The topological polar surface area (TPSA) is 50.8 Å². The van der Waals surface area contributed by atoms with Crippen LogP contribution in [0.1, 0.15) is 54.7 Å². The van der Waals surface area contributed by atoms with Crippen LogP contribution in [0.4, 0.5) is 5.69 Å². The second kappa shape index (κ2) is 8.65. The van der Waals surface area contributed by atoms with Crippen molar-refractivity contribution in [2.24, 2.45) is 0 Å². The van der Waals surface area contributed by atoms with Gasteiger partial charge in [0.2, 0.25) is 0 Å². The summed E-state index contributed by atoms with van der Waals surface area (Å²) in [6.45, 7) is 4.18. The number of benzene rings is 2. The van der Waals surface area contributed by atoms with E-state index >= 15 is 0 Å². The lowest BCUT2D eigenvalue weighted by atomic mass is 10.0. The maximum absolute atomic E-state index is 13.3. The number of para-hydroxylation sites is 2. The summed E-state index contributed by atoms with van der Waals surface area (Å²) < 4.78 is 11.9. The summed E-state index contributed by atoms with van der Waals surface area (Å²) in [5.74, 6) is 0.871. The molecule has 1 N–H and O–H groups in total. The lowest BCUT2D eigenvalue weighted by Crippen LogP contribution is -2.46. The summed E-state index contributed by atoms with van der Waals surface area (Å²) in [6.07, 6.45) is 3.95. The monoisotopic (exact) mass is 380 g/mol. The van der Waals surface area contributed by atoms with Gasteiger partial charge in [0.1, 0.15) is 11.9 Å². The summed E-state index contributed by atoms with van der Waals surface area (Å²) in [5, 5.41) is 3.57. The smallest absolute Gasteiger partial charge is 0.257 e. The normalized spacial score (nSPS) is 21.3. The molecule has 0 radical (unpaired) electrons. The second-order valence-electron chi connectivity index (χ2n) is 7.42. The molecule has 0 aromatic heterocycles. The van der Waals surface area contributed by atoms with Crippen molar-refractivity contribution >= 4 is 11.6 Å². The van der Waals surface area contributed by atoms with E-state index in [4.69, 9.17) is 9.47 Å². The van der Waals surface area contributed by atoms with Crippen LogP contribution in [0.3, 0.4) is 0 Å². The molecule has 0 bridgehead atoms. The lowest BCUT2D eigenvalue weighted by Gasteiger charge is -2.39. The largest absolute Gasteiger partial charge is 0.493 e. The number of nitrogens with zero attached hydrogens (tertiary/aromatic N) is 1. The van der Waals surface area contributed by atoms with E-state index in [1.807, 2.05) is 53.4 Å². The quantitative estimate of drug-likeness (QED) is 0.713. The number of fused-ring (bicyclic) bond motifs is 1. The SMILES string of the molecule is CCCCOc1ccccc1C1Nc2ccccc2C(=O)N1CC1CCCO1. The minimum absolute atomic E-state index is 0.0400. The third kappa shape index (κ3) is 3.85. The Bertz CT molecular complexity index is 817. The van der Waals surface area contributed by atoms with Crippen molar-refractivity contribution in [3.8, 4) is 5.75 Å². The first-order chi connectivity index (χ1) is 13.8. The molecule has 4 rings (SSSR count). The minimum atomic E-state index is -0.274. The molecule has 28 heavy (non-hydrogen) atoms. The summed E-state index contributed by atoms with van der Waals surface area (Å²) in [6, 6.07) is 15.7. The summed E-state index contributed by atoms with van der Waals surface area (Å²) >= 11 is 0. The van der Waals surface area contributed by atoms with Crippen LogP contribution in [-0.4, -0.2) is 36.7 Å². The van der Waals surface area contributed by atoms with Crippen molar-refractivity contribution in [3.63, 3.8) is 0 Å². The van der Waals surface area contributed by atoms with Crippen LogP contribution in [0.5, 0.6) is 5.75 Å². The molecule has 2 aromatic carbocycles. The Hall–Kier alpha value is -2.53. The summed E-state index contributed by atoms with van der Waals surface area (Å²) in [4.78, 5) is 15.3. The van der Waals surface area contributed by atoms with Crippen LogP contribution < -0.4 is 10.1 Å². The minimum Gasteiger partial charge on any atom is -0.493 e. The first-order valence-electron chi connectivity index (χ1n) is 10.3. The van der Waals surface area contributed by atoms with Crippen LogP contribution in [0.25, 0.3) is 0 Å². The molecule has 5 nitrogen and oxygen atoms in total. The predicted octanol–water partition coefficient (Wildman–Crippen LogP) is 4.61. The highest BCUT2D eigenvalue weighted by atomic mass is 16.5. The molecule has 2 heterocycles. The Labute approximate surface area is 166 Å². The average molecular weight is 380 g/mol. The van der Waals surface area contributed by atoms with Gasteiger partial charge in [0.25, 0.3) is 5.91 Å². The molecule has 2 unspecified atom stereocenters. The van der Waals surface area contributed by atoms with Gasteiger partial charge in [-0.25, -0.2) is 0 Å². The standard InChI is InChI=1S/C23H28N2O3/c1-2-3-14-28-21-13-7-5-11-19(21)22-24-20-12-6-4-10-18(20)23(26)25(22)16-17-9-8-15-27-17/h4-7,10-13,17,22,24H,2-3,8-9,14-16H2,1H3. The number of rotatable bonds is 7. The van der Waals surface area contributed by atoms with Gasteiger partial charge in [0.15, 0.2) is 0 Å². The average Bonchev–Trinajstić information content (AvgIpc) is 3.24. The van der Waals surface area contributed by atoms with Crippen molar-refractivity contribution in [1.29, 1.82) is 0 Å². The van der Waals surface area contributed by atoms with E-state index in [1.165, 1.54) is 0 Å². The molecule has 1 amide bonds. The lowest BCUT2D eigenvalue weighted by molar-refractivity contribution is 0.0424. The molecule has 2 aliphatic heterocycles. The Morgan fingerprint density at radius 3 is 2.82 bits per heavy atom. The number of ether oxygens (including phenoxy) is 2. The van der Waals surface area contributed by atoms with E-state index in [-0.39, 0.29) is 18.2 Å². The number of carbonyl (C=O) groups is 1. The maximum atomic E-state index is 13.3. The first-order valence-corrected chi connectivity index (χ1v) is 10.3. The highest BCUT2D eigenvalue weighted by Gasteiger charge is 2.36. The molecule has 148 valence electrons. The van der Waals surface area contributed by atoms with Gasteiger partial charge in [-0.15, -0.1) is 0 Å². The molecular formula is C23H28N2O3. The molecule has 1 fully saturated rings. The third-order valence-electron chi connectivity index (χ3n) is 5.42. The Morgan fingerprint density at radius 2 is 2.00 bits per heavy atom. The van der Waals surface area contributed by atoms with Crippen molar-refractivity contribution in [2.75, 3.05) is 25.1 Å². The number of carbonyl (C=O) groups excluding carboxylic acids is 1. The number of nitrogens with one attached hydrogen (secondary N) is 1. The van der Waals surface area contributed by atoms with Crippen LogP contribution in [0, 0.1) is 0 Å².